The van der Waals surface area contributed by atoms with Gasteiger partial charge in [-0.25, -0.2) is 0 Å². The van der Waals surface area contributed by atoms with E-state index in [-0.39, 0.29) is 0 Å². The Balaban J connectivity index is 2.14. The Hall–Kier alpha value is -2.29. The molecule has 2 aromatic carbocycles. The molecule has 0 saturated carbocycles. The molecule has 0 spiro atoms. The molecule has 2 rings (SSSR count). The van der Waals surface area contributed by atoms with Crippen molar-refractivity contribution < 1.29 is 14.6 Å². The van der Waals surface area contributed by atoms with E-state index in [0.717, 1.165) is 33.6 Å². The number of aliphatic carboxylic acids is 1. The van der Waals surface area contributed by atoms with Gasteiger partial charge < -0.3 is 9.84 Å². The van der Waals surface area contributed by atoms with Gasteiger partial charge in [0.1, 0.15) is 5.75 Å². The van der Waals surface area contributed by atoms with Crippen LogP contribution in [0.1, 0.15) is 40.2 Å². The van der Waals surface area contributed by atoms with Crippen LogP contribution < -0.4 is 4.74 Å². The second-order valence-electron chi connectivity index (χ2n) is 6.11. The van der Waals surface area contributed by atoms with Crippen molar-refractivity contribution >= 4 is 5.97 Å². The van der Waals surface area contributed by atoms with Gasteiger partial charge in [0.25, 0.3) is 0 Å². The summed E-state index contributed by atoms with van der Waals surface area (Å²) < 4.78 is 5.78. The number of para-hydroxylation sites is 1. The van der Waals surface area contributed by atoms with Crippen LogP contribution in [0.4, 0.5) is 0 Å². The number of ether oxygens (including phenoxy) is 1. The highest BCUT2D eigenvalue weighted by molar-refractivity contribution is 5.77. The van der Waals surface area contributed by atoms with Crippen LogP contribution in [0, 0.1) is 27.7 Å². The Labute approximate surface area is 137 Å². The smallest absolute Gasteiger partial charge is 0.311 e. The number of aryl methyl sites for hydroxylation is 4. The van der Waals surface area contributed by atoms with Gasteiger partial charge in [0, 0.05) is 0 Å². The Kier molecular flexibility index (Phi) is 5.43. The summed E-state index contributed by atoms with van der Waals surface area (Å²) in [4.78, 5) is 11.7. The van der Waals surface area contributed by atoms with E-state index in [1.54, 1.807) is 0 Å². The summed E-state index contributed by atoms with van der Waals surface area (Å²) in [6, 6.07) is 11.9. The van der Waals surface area contributed by atoms with Crippen molar-refractivity contribution in [1.82, 2.24) is 0 Å². The molecule has 0 aliphatic carbocycles. The van der Waals surface area contributed by atoms with Gasteiger partial charge in [-0.2, -0.15) is 0 Å². The number of hydrogen-bond acceptors (Lipinski definition) is 2. The topological polar surface area (TPSA) is 46.5 Å². The van der Waals surface area contributed by atoms with E-state index in [0.29, 0.717) is 13.0 Å². The van der Waals surface area contributed by atoms with Crippen LogP contribution in [0.5, 0.6) is 5.75 Å². The Morgan fingerprint density at radius 2 is 1.65 bits per heavy atom. The molecule has 1 unspecified atom stereocenters. The maximum atomic E-state index is 11.7. The lowest BCUT2D eigenvalue weighted by Gasteiger charge is -2.19. The van der Waals surface area contributed by atoms with Crippen molar-refractivity contribution in [3.63, 3.8) is 0 Å². The normalized spacial score (nSPS) is 12.0. The first kappa shape index (κ1) is 17.1. The van der Waals surface area contributed by atoms with Crippen molar-refractivity contribution in [3.05, 3.63) is 64.2 Å². The van der Waals surface area contributed by atoms with Crippen LogP contribution in [0.3, 0.4) is 0 Å². The molecule has 0 heterocycles. The van der Waals surface area contributed by atoms with E-state index >= 15 is 0 Å². The van der Waals surface area contributed by atoms with Crippen molar-refractivity contribution in [2.24, 2.45) is 0 Å². The number of benzene rings is 2. The molecule has 1 N–H and O–H groups in total. The average molecular weight is 312 g/mol. The van der Waals surface area contributed by atoms with Gasteiger partial charge in [0.15, 0.2) is 0 Å². The van der Waals surface area contributed by atoms with E-state index in [1.807, 2.05) is 64.1 Å². The molecule has 122 valence electrons. The Morgan fingerprint density at radius 1 is 1.04 bits per heavy atom. The fraction of sp³-hybridized carbons (Fsp3) is 0.350. The molecule has 0 aliphatic rings. The third-order valence-corrected chi connectivity index (χ3v) is 4.14. The highest BCUT2D eigenvalue weighted by Crippen LogP contribution is 2.28. The molecule has 0 aromatic heterocycles. The molecule has 0 radical (unpaired) electrons. The van der Waals surface area contributed by atoms with Crippen LogP contribution in [0.15, 0.2) is 36.4 Å². The van der Waals surface area contributed by atoms with Gasteiger partial charge in [-0.15, -0.1) is 0 Å². The molecule has 2 aromatic rings. The first-order valence-corrected chi connectivity index (χ1v) is 7.89. The maximum Gasteiger partial charge on any atom is 0.311 e. The van der Waals surface area contributed by atoms with Gasteiger partial charge in [0.2, 0.25) is 0 Å². The van der Waals surface area contributed by atoms with E-state index < -0.39 is 11.9 Å². The predicted octanol–water partition coefficient (Wildman–Crippen LogP) is 4.56. The molecule has 0 amide bonds. The van der Waals surface area contributed by atoms with Crippen molar-refractivity contribution in [1.29, 1.82) is 0 Å². The van der Waals surface area contributed by atoms with Gasteiger partial charge in [-0.05, 0) is 62.4 Å². The summed E-state index contributed by atoms with van der Waals surface area (Å²) in [6.45, 7) is 8.36. The minimum atomic E-state index is -0.798. The number of rotatable bonds is 6. The molecule has 0 saturated heterocycles. The monoisotopic (exact) mass is 312 g/mol. The molecule has 0 bridgehead atoms. The largest absolute Gasteiger partial charge is 0.493 e. The van der Waals surface area contributed by atoms with Crippen molar-refractivity contribution in [2.75, 3.05) is 6.61 Å². The lowest BCUT2D eigenvalue weighted by molar-refractivity contribution is -0.139. The predicted molar refractivity (Wildman–Crippen MR) is 92.3 cm³/mol. The van der Waals surface area contributed by atoms with E-state index in [2.05, 4.69) is 0 Å². The first-order valence-electron chi connectivity index (χ1n) is 7.89. The lowest BCUT2D eigenvalue weighted by Crippen LogP contribution is -2.17. The number of carbonyl (C=O) groups is 1. The van der Waals surface area contributed by atoms with Gasteiger partial charge in [-0.3, -0.25) is 4.79 Å². The summed E-state index contributed by atoms with van der Waals surface area (Å²) in [5.41, 5.74) is 5.19. The highest BCUT2D eigenvalue weighted by atomic mass is 16.5. The minimum absolute atomic E-state index is 0.384. The fourth-order valence-electron chi connectivity index (χ4n) is 3.14. The van der Waals surface area contributed by atoms with Gasteiger partial charge in [-0.1, -0.05) is 35.9 Å². The summed E-state index contributed by atoms with van der Waals surface area (Å²) in [6.07, 6.45) is 0.453. The van der Waals surface area contributed by atoms with Crippen molar-refractivity contribution in [2.45, 2.75) is 40.0 Å². The number of hydrogen-bond donors (Lipinski definition) is 1. The Bertz CT molecular complexity index is 681. The van der Waals surface area contributed by atoms with E-state index in [9.17, 15) is 9.90 Å². The average Bonchev–Trinajstić information content (AvgIpc) is 2.46. The molecule has 0 aliphatic heterocycles. The van der Waals surface area contributed by atoms with Gasteiger partial charge in [0.05, 0.1) is 12.5 Å². The summed E-state index contributed by atoms with van der Waals surface area (Å²) in [7, 11) is 0. The molecule has 3 nitrogen and oxygen atoms in total. The molecule has 23 heavy (non-hydrogen) atoms. The van der Waals surface area contributed by atoms with E-state index in [4.69, 9.17) is 4.74 Å². The van der Waals surface area contributed by atoms with Crippen molar-refractivity contribution in [3.8, 4) is 5.75 Å². The maximum absolute atomic E-state index is 11.7. The third kappa shape index (κ3) is 4.13. The molecule has 0 fully saturated rings. The van der Waals surface area contributed by atoms with Crippen LogP contribution in [0.2, 0.25) is 0 Å². The standard InChI is InChI=1S/C20H24O3/c1-13-11-15(3)19(16(4)12-13)17(20(21)22)9-10-23-18-8-6-5-7-14(18)2/h5-8,11-12,17H,9-10H2,1-4H3,(H,21,22). The second-order valence-corrected chi connectivity index (χ2v) is 6.11. The zero-order valence-corrected chi connectivity index (χ0v) is 14.2. The summed E-state index contributed by atoms with van der Waals surface area (Å²) in [5, 5.41) is 9.64. The Morgan fingerprint density at radius 3 is 2.22 bits per heavy atom. The lowest BCUT2D eigenvalue weighted by atomic mass is 9.87. The van der Waals surface area contributed by atoms with Gasteiger partial charge >= 0.3 is 5.97 Å². The molecule has 1 atom stereocenters. The van der Waals surface area contributed by atoms with Crippen LogP contribution in [-0.2, 0) is 4.79 Å². The summed E-state index contributed by atoms with van der Waals surface area (Å²) in [5.74, 6) is -0.526. The zero-order chi connectivity index (χ0) is 17.0. The molecular weight excluding hydrogens is 288 g/mol. The third-order valence-electron chi connectivity index (χ3n) is 4.14. The van der Waals surface area contributed by atoms with Crippen LogP contribution in [0.25, 0.3) is 0 Å². The SMILES string of the molecule is Cc1cc(C)c(C(CCOc2ccccc2C)C(=O)O)c(C)c1. The van der Waals surface area contributed by atoms with Crippen LogP contribution >= 0.6 is 0 Å². The van der Waals surface area contributed by atoms with E-state index in [1.165, 1.54) is 0 Å². The first-order chi connectivity index (χ1) is 10.9. The molecular formula is C20H24O3. The zero-order valence-electron chi connectivity index (χ0n) is 14.2. The van der Waals surface area contributed by atoms with Crippen LogP contribution in [-0.4, -0.2) is 17.7 Å². The molecule has 3 heteroatoms. The highest BCUT2D eigenvalue weighted by Gasteiger charge is 2.23. The number of carboxylic acid groups (broad SMARTS) is 1. The fourth-order valence-corrected chi connectivity index (χ4v) is 3.14. The number of carboxylic acids is 1. The second kappa shape index (κ2) is 7.32. The minimum Gasteiger partial charge on any atom is -0.493 e. The quantitative estimate of drug-likeness (QED) is 0.850. The summed E-state index contributed by atoms with van der Waals surface area (Å²) >= 11 is 0.